The molecule has 3 N–H and O–H groups in total. The Morgan fingerprint density at radius 3 is 2.70 bits per heavy atom. The summed E-state index contributed by atoms with van der Waals surface area (Å²) in [6.45, 7) is 5.09. The van der Waals surface area contributed by atoms with Gasteiger partial charge in [-0.1, -0.05) is 37.3 Å². The normalized spacial score (nSPS) is 27.7. The molecule has 0 spiro atoms. The molecular weight excluding hydrogens is 541 g/mol. The highest BCUT2D eigenvalue weighted by Gasteiger charge is 2.65. The Bertz CT molecular complexity index is 1430. The van der Waals surface area contributed by atoms with Crippen LogP contribution in [0.5, 0.6) is 0 Å². The number of nitrogen functional groups attached to an aromatic ring is 1. The van der Waals surface area contributed by atoms with Crippen molar-refractivity contribution in [1.82, 2.24) is 14.6 Å². The Kier molecular flexibility index (Phi) is 7.98. The second-order valence-corrected chi connectivity index (χ2v) is 11.5. The fourth-order valence-electron chi connectivity index (χ4n) is 4.92. The number of aromatic nitrogens is 3. The number of phosphoric ester groups is 1. The van der Waals surface area contributed by atoms with Crippen molar-refractivity contribution in [2.24, 2.45) is 0 Å². The molecule has 214 valence electrons. The molecule has 2 saturated heterocycles. The van der Waals surface area contributed by atoms with Crippen molar-refractivity contribution in [2.75, 3.05) is 18.9 Å². The van der Waals surface area contributed by atoms with Crippen LogP contribution in [0.3, 0.4) is 0 Å². The summed E-state index contributed by atoms with van der Waals surface area (Å²) < 4.78 is 49.0. The molecule has 2 aliphatic rings. The molecule has 5 rings (SSSR count). The maximum atomic E-state index is 12.8. The second kappa shape index (κ2) is 11.2. The number of nitrogens with two attached hydrogens (primary N) is 1. The van der Waals surface area contributed by atoms with Gasteiger partial charge >= 0.3 is 7.82 Å². The van der Waals surface area contributed by atoms with Crippen LogP contribution in [-0.2, 0) is 44.8 Å². The van der Waals surface area contributed by atoms with Crippen molar-refractivity contribution in [2.45, 2.75) is 69.6 Å². The third kappa shape index (κ3) is 5.63. The molecule has 0 bridgehead atoms. The highest BCUT2D eigenvalue weighted by molar-refractivity contribution is 7.47. The van der Waals surface area contributed by atoms with E-state index in [4.69, 9.17) is 33.7 Å². The molecule has 0 saturated carbocycles. The first-order chi connectivity index (χ1) is 19.1. The molecule has 0 radical (unpaired) electrons. The van der Waals surface area contributed by atoms with E-state index in [9.17, 15) is 14.7 Å². The number of nitriles is 1. The highest BCUT2D eigenvalue weighted by atomic mass is 31.2. The number of benzene rings is 1. The SMILES string of the molecule is CC[C@H](COP(=O)(O)OC[C@H]1O[C@@](C#N)(c2ccc3c(N)ncnn23)[C@H]2OC(C)(C)OC12)OCc1ccccc1. The lowest BCUT2D eigenvalue weighted by Crippen LogP contribution is -2.40. The molecule has 3 aromatic rings. The largest absolute Gasteiger partial charge is 0.472 e. The van der Waals surface area contributed by atoms with Gasteiger partial charge in [0, 0.05) is 0 Å². The minimum Gasteiger partial charge on any atom is -0.382 e. The zero-order valence-electron chi connectivity index (χ0n) is 22.4. The average Bonchev–Trinajstić information content (AvgIpc) is 3.59. The van der Waals surface area contributed by atoms with Crippen LogP contribution in [-0.4, -0.2) is 62.9 Å². The lowest BCUT2D eigenvalue weighted by molar-refractivity contribution is -0.204. The number of hydrogen-bond donors (Lipinski definition) is 2. The van der Waals surface area contributed by atoms with Crippen molar-refractivity contribution in [3.63, 3.8) is 0 Å². The third-order valence-electron chi connectivity index (χ3n) is 6.87. The van der Waals surface area contributed by atoms with Gasteiger partial charge in [-0.3, -0.25) is 9.05 Å². The number of hydrogen-bond acceptors (Lipinski definition) is 11. The van der Waals surface area contributed by atoms with Gasteiger partial charge in [-0.15, -0.1) is 0 Å². The Labute approximate surface area is 231 Å². The van der Waals surface area contributed by atoms with Gasteiger partial charge in [-0.05, 0) is 38.0 Å². The zero-order valence-corrected chi connectivity index (χ0v) is 23.3. The van der Waals surface area contributed by atoms with Crippen molar-refractivity contribution < 1.29 is 37.5 Å². The standard InChI is InChI=1S/C26H32N5O8P/c1-4-18(34-12-17-8-6-5-7-9-17)13-35-40(32,33)36-14-20-22-23(39-25(2,3)38-22)26(15-27,37-20)21-11-10-19-24(28)29-16-30-31(19)21/h5-11,16,18,20,22-23H,4,12-14H2,1-3H3,(H,32,33)(H2,28,29,30)/t18-,20-,22?,23+,26+/m1/s1. The van der Waals surface area contributed by atoms with Crippen molar-refractivity contribution >= 4 is 19.2 Å². The van der Waals surface area contributed by atoms with Crippen LogP contribution >= 0.6 is 7.82 Å². The Morgan fingerprint density at radius 2 is 1.98 bits per heavy atom. The van der Waals surface area contributed by atoms with Crippen LogP contribution in [0.25, 0.3) is 5.52 Å². The van der Waals surface area contributed by atoms with Gasteiger partial charge in [0.15, 0.2) is 11.6 Å². The Hall–Kier alpha value is -2.92. The summed E-state index contributed by atoms with van der Waals surface area (Å²) in [6.07, 6.45) is -1.23. The van der Waals surface area contributed by atoms with Gasteiger partial charge in [-0.25, -0.2) is 14.1 Å². The number of phosphoric acid groups is 1. The number of ether oxygens (including phenoxy) is 4. The van der Waals surface area contributed by atoms with Gasteiger partial charge in [-0.2, -0.15) is 10.4 Å². The van der Waals surface area contributed by atoms with Gasteiger partial charge in [0.2, 0.25) is 5.60 Å². The predicted octanol–water partition coefficient (Wildman–Crippen LogP) is 3.08. The monoisotopic (exact) mass is 573 g/mol. The van der Waals surface area contributed by atoms with E-state index < -0.39 is 50.2 Å². The van der Waals surface area contributed by atoms with E-state index in [2.05, 4.69) is 16.2 Å². The molecule has 0 aliphatic carbocycles. The minimum atomic E-state index is -4.51. The molecule has 13 nitrogen and oxygen atoms in total. The van der Waals surface area contributed by atoms with E-state index in [0.717, 1.165) is 5.56 Å². The van der Waals surface area contributed by atoms with E-state index >= 15 is 0 Å². The zero-order chi connectivity index (χ0) is 28.5. The lowest BCUT2D eigenvalue weighted by atomic mass is 9.92. The molecule has 2 fully saturated rings. The number of anilines is 1. The quantitative estimate of drug-likeness (QED) is 0.322. The molecule has 2 aromatic heterocycles. The van der Waals surface area contributed by atoms with Gasteiger partial charge in [0.25, 0.3) is 0 Å². The summed E-state index contributed by atoms with van der Waals surface area (Å²) in [5.41, 5.74) is 6.11. The second-order valence-electron chi connectivity index (χ2n) is 10.1. The van der Waals surface area contributed by atoms with E-state index in [1.165, 1.54) is 10.8 Å². The molecule has 4 heterocycles. The van der Waals surface area contributed by atoms with Crippen molar-refractivity contribution in [1.29, 1.82) is 5.26 Å². The average molecular weight is 574 g/mol. The van der Waals surface area contributed by atoms with Gasteiger partial charge in [0.1, 0.15) is 36.2 Å². The van der Waals surface area contributed by atoms with E-state index in [-0.39, 0.29) is 12.4 Å². The summed E-state index contributed by atoms with van der Waals surface area (Å²) in [5.74, 6) is -0.825. The van der Waals surface area contributed by atoms with Crippen LogP contribution in [0.4, 0.5) is 5.82 Å². The molecule has 40 heavy (non-hydrogen) atoms. The number of rotatable bonds is 11. The number of nitrogens with zero attached hydrogens (tertiary/aromatic N) is 4. The van der Waals surface area contributed by atoms with E-state index in [1.807, 2.05) is 37.3 Å². The topological polar surface area (TPSA) is 173 Å². The summed E-state index contributed by atoms with van der Waals surface area (Å²) in [4.78, 5) is 14.4. The molecule has 6 atom stereocenters. The lowest BCUT2D eigenvalue weighted by Gasteiger charge is -2.29. The van der Waals surface area contributed by atoms with Crippen LogP contribution in [0.2, 0.25) is 0 Å². The predicted molar refractivity (Wildman–Crippen MR) is 140 cm³/mol. The van der Waals surface area contributed by atoms with Crippen molar-refractivity contribution in [3.05, 3.63) is 60.0 Å². The van der Waals surface area contributed by atoms with Gasteiger partial charge in [0.05, 0.1) is 31.6 Å². The molecule has 2 unspecified atom stereocenters. The molecule has 14 heteroatoms. The summed E-state index contributed by atoms with van der Waals surface area (Å²) in [5, 5.41) is 14.6. The smallest absolute Gasteiger partial charge is 0.382 e. The molecular formula is C26H32N5O8P. The first-order valence-corrected chi connectivity index (χ1v) is 14.4. The highest BCUT2D eigenvalue weighted by Crippen LogP contribution is 2.51. The maximum absolute atomic E-state index is 12.8. The van der Waals surface area contributed by atoms with Crippen LogP contribution in [0.15, 0.2) is 48.8 Å². The number of fused-ring (bicyclic) bond motifs is 2. The molecule has 1 aromatic carbocycles. The summed E-state index contributed by atoms with van der Waals surface area (Å²) >= 11 is 0. The van der Waals surface area contributed by atoms with Crippen LogP contribution in [0.1, 0.15) is 38.4 Å². The minimum absolute atomic E-state index is 0.152. The van der Waals surface area contributed by atoms with E-state index in [0.29, 0.717) is 24.2 Å². The van der Waals surface area contributed by atoms with Gasteiger partial charge < -0.3 is 29.6 Å². The van der Waals surface area contributed by atoms with Crippen molar-refractivity contribution in [3.8, 4) is 6.07 Å². The fraction of sp³-hybridized carbons (Fsp3) is 0.500. The Morgan fingerprint density at radius 1 is 1.20 bits per heavy atom. The summed E-state index contributed by atoms with van der Waals surface area (Å²) in [6, 6.07) is 15.1. The Balaban J connectivity index is 1.28. The summed E-state index contributed by atoms with van der Waals surface area (Å²) in [7, 11) is -4.51. The molecule has 2 aliphatic heterocycles. The van der Waals surface area contributed by atoms with Crippen LogP contribution in [0, 0.1) is 11.3 Å². The molecule has 0 amide bonds. The first kappa shape index (κ1) is 28.6. The van der Waals surface area contributed by atoms with Crippen LogP contribution < -0.4 is 5.73 Å². The van der Waals surface area contributed by atoms with E-state index in [1.54, 1.807) is 26.0 Å². The fourth-order valence-corrected chi connectivity index (χ4v) is 5.68. The third-order valence-corrected chi connectivity index (χ3v) is 7.82. The maximum Gasteiger partial charge on any atom is 0.472 e. The first-order valence-electron chi connectivity index (χ1n) is 12.9.